The number of hydrogen-bond donors (Lipinski definition) is 0. The van der Waals surface area contributed by atoms with E-state index in [1.165, 1.54) is 0 Å². The number of ether oxygens (including phenoxy) is 2. The molecule has 0 N–H and O–H groups in total. The largest absolute Gasteiger partial charge is 0.493 e. The molecule has 128 valence electrons. The summed E-state index contributed by atoms with van der Waals surface area (Å²) in [5.41, 5.74) is 1.70. The van der Waals surface area contributed by atoms with Gasteiger partial charge in [-0.1, -0.05) is 30.3 Å². The number of carbonyl (C=O) groups is 1. The molecule has 0 aliphatic heterocycles. The first-order valence-corrected chi connectivity index (χ1v) is 9.02. The van der Waals surface area contributed by atoms with E-state index in [1.807, 2.05) is 50.2 Å². The highest BCUT2D eigenvalue weighted by molar-refractivity contribution is 14.1. The molecule has 0 unspecified atom stereocenters. The summed E-state index contributed by atoms with van der Waals surface area (Å²) in [6.45, 7) is 5.76. The minimum absolute atomic E-state index is 0.00539. The number of benzene rings is 2. The second-order valence-corrected chi connectivity index (χ2v) is 6.40. The highest BCUT2D eigenvalue weighted by atomic mass is 127. The first-order valence-electron chi connectivity index (χ1n) is 7.94. The Balaban J connectivity index is 2.25. The molecule has 0 heterocycles. The Hall–Kier alpha value is -1.76. The Bertz CT molecular complexity index is 685. The predicted molar refractivity (Wildman–Crippen MR) is 104 cm³/mol. The Morgan fingerprint density at radius 2 is 1.79 bits per heavy atom. The Kier molecular flexibility index (Phi) is 6.90. The van der Waals surface area contributed by atoms with Gasteiger partial charge in [-0.05, 0) is 54.1 Å². The lowest BCUT2D eigenvalue weighted by molar-refractivity contribution is 0.0772. The standard InChI is InChI=1S/C19H22INO3/c1-4-21(5-2)19(22)15-11-16(20)18(17(12-15)23-3)24-13-14-9-7-6-8-10-14/h6-12H,4-5,13H2,1-3H3. The first kappa shape index (κ1) is 18.6. The summed E-state index contributed by atoms with van der Waals surface area (Å²) in [7, 11) is 1.59. The second-order valence-electron chi connectivity index (χ2n) is 5.24. The fourth-order valence-electron chi connectivity index (χ4n) is 2.41. The topological polar surface area (TPSA) is 38.8 Å². The van der Waals surface area contributed by atoms with Gasteiger partial charge in [-0.3, -0.25) is 4.79 Å². The van der Waals surface area contributed by atoms with Gasteiger partial charge < -0.3 is 14.4 Å². The van der Waals surface area contributed by atoms with Gasteiger partial charge in [0.2, 0.25) is 0 Å². The van der Waals surface area contributed by atoms with Crippen molar-refractivity contribution in [2.45, 2.75) is 20.5 Å². The van der Waals surface area contributed by atoms with Crippen LogP contribution in [-0.2, 0) is 6.61 Å². The molecule has 2 aromatic rings. The van der Waals surface area contributed by atoms with Gasteiger partial charge >= 0.3 is 0 Å². The van der Waals surface area contributed by atoms with E-state index in [2.05, 4.69) is 22.6 Å². The van der Waals surface area contributed by atoms with E-state index in [0.717, 1.165) is 9.13 Å². The van der Waals surface area contributed by atoms with Gasteiger partial charge in [-0.2, -0.15) is 0 Å². The van der Waals surface area contributed by atoms with Gasteiger partial charge in [0.05, 0.1) is 10.7 Å². The molecule has 0 radical (unpaired) electrons. The zero-order valence-corrected chi connectivity index (χ0v) is 16.4. The van der Waals surface area contributed by atoms with Crippen molar-refractivity contribution in [3.63, 3.8) is 0 Å². The smallest absolute Gasteiger partial charge is 0.254 e. The maximum atomic E-state index is 12.5. The van der Waals surface area contributed by atoms with Gasteiger partial charge in [0.25, 0.3) is 5.91 Å². The average Bonchev–Trinajstić information content (AvgIpc) is 2.61. The third-order valence-corrected chi connectivity index (χ3v) is 4.55. The van der Waals surface area contributed by atoms with Crippen molar-refractivity contribution in [2.75, 3.05) is 20.2 Å². The fourth-order valence-corrected chi connectivity index (χ4v) is 3.16. The Labute approximate surface area is 156 Å². The van der Waals surface area contributed by atoms with Crippen molar-refractivity contribution < 1.29 is 14.3 Å². The zero-order chi connectivity index (χ0) is 17.5. The van der Waals surface area contributed by atoms with E-state index in [-0.39, 0.29) is 5.91 Å². The number of hydrogen-bond acceptors (Lipinski definition) is 3. The monoisotopic (exact) mass is 439 g/mol. The minimum Gasteiger partial charge on any atom is -0.493 e. The molecule has 0 aliphatic rings. The number of rotatable bonds is 7. The predicted octanol–water partition coefficient (Wildman–Crippen LogP) is 4.36. The molecular formula is C19H22INO3. The molecule has 0 spiro atoms. The van der Waals surface area contributed by atoms with Crippen LogP contribution < -0.4 is 9.47 Å². The lowest BCUT2D eigenvalue weighted by Crippen LogP contribution is -2.30. The van der Waals surface area contributed by atoms with Crippen molar-refractivity contribution in [2.24, 2.45) is 0 Å². The molecule has 0 saturated carbocycles. The molecule has 4 nitrogen and oxygen atoms in total. The molecule has 0 fully saturated rings. The van der Waals surface area contributed by atoms with Gasteiger partial charge in [0.1, 0.15) is 6.61 Å². The Morgan fingerprint density at radius 3 is 2.38 bits per heavy atom. The summed E-state index contributed by atoms with van der Waals surface area (Å²) in [5, 5.41) is 0. The van der Waals surface area contributed by atoms with Gasteiger partial charge in [-0.25, -0.2) is 0 Å². The van der Waals surface area contributed by atoms with Crippen molar-refractivity contribution in [1.82, 2.24) is 4.90 Å². The van der Waals surface area contributed by atoms with Crippen LogP contribution in [0.3, 0.4) is 0 Å². The minimum atomic E-state index is 0.00539. The van der Waals surface area contributed by atoms with Crippen LogP contribution in [0.1, 0.15) is 29.8 Å². The van der Waals surface area contributed by atoms with Crippen LogP contribution >= 0.6 is 22.6 Å². The number of nitrogens with zero attached hydrogens (tertiary/aromatic N) is 1. The van der Waals surface area contributed by atoms with Crippen LogP contribution in [-0.4, -0.2) is 31.0 Å². The maximum Gasteiger partial charge on any atom is 0.254 e. The third kappa shape index (κ3) is 4.41. The van der Waals surface area contributed by atoms with E-state index < -0.39 is 0 Å². The second kappa shape index (κ2) is 8.92. The number of methoxy groups -OCH3 is 1. The number of amides is 1. The Morgan fingerprint density at radius 1 is 1.12 bits per heavy atom. The molecule has 0 aliphatic carbocycles. The summed E-state index contributed by atoms with van der Waals surface area (Å²) in [5.74, 6) is 1.25. The highest BCUT2D eigenvalue weighted by Gasteiger charge is 2.18. The van der Waals surface area contributed by atoms with Gasteiger partial charge in [0.15, 0.2) is 11.5 Å². The van der Waals surface area contributed by atoms with E-state index in [1.54, 1.807) is 18.1 Å². The van der Waals surface area contributed by atoms with Gasteiger partial charge in [-0.15, -0.1) is 0 Å². The van der Waals surface area contributed by atoms with E-state index >= 15 is 0 Å². The summed E-state index contributed by atoms with van der Waals surface area (Å²) >= 11 is 2.18. The van der Waals surface area contributed by atoms with Crippen LogP contribution in [0.15, 0.2) is 42.5 Å². The van der Waals surface area contributed by atoms with Crippen LogP contribution in [0.5, 0.6) is 11.5 Å². The van der Waals surface area contributed by atoms with Crippen LogP contribution in [0.4, 0.5) is 0 Å². The van der Waals surface area contributed by atoms with Crippen LogP contribution in [0.25, 0.3) is 0 Å². The van der Waals surface area contributed by atoms with Gasteiger partial charge in [0, 0.05) is 18.7 Å². The highest BCUT2D eigenvalue weighted by Crippen LogP contribution is 2.35. The molecule has 0 aromatic heterocycles. The molecule has 0 bridgehead atoms. The van der Waals surface area contributed by atoms with Crippen LogP contribution in [0, 0.1) is 3.57 Å². The lowest BCUT2D eigenvalue weighted by atomic mass is 10.1. The summed E-state index contributed by atoms with van der Waals surface area (Å²) in [6.07, 6.45) is 0. The fraction of sp³-hybridized carbons (Fsp3) is 0.316. The van der Waals surface area contributed by atoms with Crippen molar-refractivity contribution >= 4 is 28.5 Å². The molecule has 24 heavy (non-hydrogen) atoms. The first-order chi connectivity index (χ1) is 11.6. The molecule has 0 saturated heterocycles. The van der Waals surface area contributed by atoms with E-state index in [0.29, 0.717) is 36.8 Å². The van der Waals surface area contributed by atoms with Crippen molar-refractivity contribution in [1.29, 1.82) is 0 Å². The molecule has 2 aromatic carbocycles. The third-order valence-electron chi connectivity index (χ3n) is 3.75. The summed E-state index contributed by atoms with van der Waals surface area (Å²) in [4.78, 5) is 14.3. The molecule has 5 heteroatoms. The zero-order valence-electron chi connectivity index (χ0n) is 14.2. The number of carbonyl (C=O) groups excluding carboxylic acids is 1. The maximum absolute atomic E-state index is 12.5. The normalized spacial score (nSPS) is 10.3. The average molecular weight is 439 g/mol. The van der Waals surface area contributed by atoms with Crippen molar-refractivity contribution in [3.8, 4) is 11.5 Å². The van der Waals surface area contributed by atoms with E-state index in [4.69, 9.17) is 9.47 Å². The quantitative estimate of drug-likeness (QED) is 0.602. The van der Waals surface area contributed by atoms with E-state index in [9.17, 15) is 4.79 Å². The SMILES string of the molecule is CCN(CC)C(=O)c1cc(I)c(OCc2ccccc2)c(OC)c1. The summed E-state index contributed by atoms with van der Waals surface area (Å²) in [6, 6.07) is 13.6. The molecular weight excluding hydrogens is 417 g/mol. The summed E-state index contributed by atoms with van der Waals surface area (Å²) < 4.78 is 12.2. The van der Waals surface area contributed by atoms with Crippen molar-refractivity contribution in [3.05, 3.63) is 57.2 Å². The van der Waals surface area contributed by atoms with Crippen LogP contribution in [0.2, 0.25) is 0 Å². The molecule has 0 atom stereocenters. The lowest BCUT2D eigenvalue weighted by Gasteiger charge is -2.20. The molecule has 1 amide bonds. The number of halogens is 1. The molecule has 2 rings (SSSR count).